The van der Waals surface area contributed by atoms with Gasteiger partial charge in [0, 0.05) is 19.8 Å². The summed E-state index contributed by atoms with van der Waals surface area (Å²) >= 11 is 1.15. The zero-order valence-electron chi connectivity index (χ0n) is 11.2. The van der Waals surface area contributed by atoms with Crippen molar-refractivity contribution >= 4 is 16.9 Å². The van der Waals surface area contributed by atoms with E-state index in [1.807, 2.05) is 12.1 Å². The lowest BCUT2D eigenvalue weighted by Gasteiger charge is -2.18. The molecule has 1 aromatic carbocycles. The van der Waals surface area contributed by atoms with Crippen molar-refractivity contribution in [1.29, 1.82) is 0 Å². The van der Waals surface area contributed by atoms with Crippen LogP contribution in [0.3, 0.4) is 0 Å². The molecule has 4 nitrogen and oxygen atoms in total. The highest BCUT2D eigenvalue weighted by Crippen LogP contribution is 2.21. The molecule has 0 aliphatic rings. The van der Waals surface area contributed by atoms with Crippen molar-refractivity contribution in [2.45, 2.75) is 32.2 Å². The maximum Gasteiger partial charge on any atom is 0.185 e. The molecule has 0 fully saturated rings. The lowest BCUT2D eigenvalue weighted by Crippen LogP contribution is -2.19. The zero-order valence-corrected chi connectivity index (χ0v) is 12.0. The molecular formula is C14H20O4S. The Kier molecular flexibility index (Phi) is 7.09. The molecule has 1 rings (SSSR count). The zero-order chi connectivity index (χ0) is 14.3. The average molecular weight is 284 g/mol. The van der Waals surface area contributed by atoms with Crippen LogP contribution in [0.4, 0.5) is 0 Å². The van der Waals surface area contributed by atoms with Crippen LogP contribution < -0.4 is 0 Å². The monoisotopic (exact) mass is 284 g/mol. The first-order valence-corrected chi connectivity index (χ1v) is 7.10. The minimum absolute atomic E-state index is 0.0191. The van der Waals surface area contributed by atoms with Gasteiger partial charge in [0.2, 0.25) is 0 Å². The Balaban J connectivity index is 2.51. The van der Waals surface area contributed by atoms with E-state index in [2.05, 4.69) is 0 Å². The van der Waals surface area contributed by atoms with Gasteiger partial charge in [-0.25, -0.2) is 0 Å². The maximum atomic E-state index is 10.8. The number of hydrogen-bond acceptors (Lipinski definition) is 5. The predicted molar refractivity (Wildman–Crippen MR) is 75.9 cm³/mol. The third-order valence-corrected chi connectivity index (χ3v) is 3.56. The molecule has 5 heteroatoms. The molecule has 0 aromatic heterocycles. The van der Waals surface area contributed by atoms with Crippen LogP contribution in [0.5, 0.6) is 0 Å². The molecule has 0 heterocycles. The smallest absolute Gasteiger partial charge is 0.185 e. The van der Waals surface area contributed by atoms with Gasteiger partial charge in [0.1, 0.15) is 6.10 Å². The second-order valence-corrected chi connectivity index (χ2v) is 5.59. The minimum atomic E-state index is -0.927. The molecule has 2 N–H and O–H groups in total. The van der Waals surface area contributed by atoms with E-state index < -0.39 is 12.2 Å². The van der Waals surface area contributed by atoms with E-state index in [9.17, 15) is 15.0 Å². The number of thioether (sulfide) groups is 1. The van der Waals surface area contributed by atoms with Gasteiger partial charge in [0.15, 0.2) is 5.12 Å². The molecule has 0 saturated carbocycles. The average Bonchev–Trinajstić information content (AvgIpc) is 2.38. The number of hydrogen-bond donors (Lipinski definition) is 2. The van der Waals surface area contributed by atoms with Crippen LogP contribution in [0.2, 0.25) is 0 Å². The van der Waals surface area contributed by atoms with Gasteiger partial charge in [-0.05, 0) is 17.5 Å². The Morgan fingerprint density at radius 3 is 2.47 bits per heavy atom. The second-order valence-electron chi connectivity index (χ2n) is 4.32. The van der Waals surface area contributed by atoms with Crippen LogP contribution in [0, 0.1) is 0 Å². The molecule has 0 spiro atoms. The summed E-state index contributed by atoms with van der Waals surface area (Å²) in [5, 5.41) is 19.9. The van der Waals surface area contributed by atoms with E-state index in [1.165, 1.54) is 6.92 Å². The molecule has 1 aromatic rings. The summed E-state index contributed by atoms with van der Waals surface area (Å²) in [5.41, 5.74) is 1.68. The highest BCUT2D eigenvalue weighted by atomic mass is 32.2. The summed E-state index contributed by atoms with van der Waals surface area (Å²) < 4.78 is 5.00. The fraction of sp³-hybridized carbons (Fsp3) is 0.500. The molecule has 106 valence electrons. The number of carbonyl (C=O) groups is 1. The van der Waals surface area contributed by atoms with Crippen LogP contribution in [0.25, 0.3) is 0 Å². The third-order valence-electron chi connectivity index (χ3n) is 2.72. The van der Waals surface area contributed by atoms with Crippen molar-refractivity contribution in [1.82, 2.24) is 0 Å². The van der Waals surface area contributed by atoms with E-state index in [0.717, 1.165) is 17.3 Å². The maximum absolute atomic E-state index is 10.8. The van der Waals surface area contributed by atoms with E-state index in [-0.39, 0.29) is 5.12 Å². The lowest BCUT2D eigenvalue weighted by molar-refractivity contribution is -0.109. The lowest BCUT2D eigenvalue weighted by atomic mass is 10.0. The Hall–Kier alpha value is -0.880. The first-order chi connectivity index (χ1) is 9.04. The van der Waals surface area contributed by atoms with Crippen molar-refractivity contribution in [3.8, 4) is 0 Å². The predicted octanol–water partition coefficient (Wildman–Crippen LogP) is 1.90. The quantitative estimate of drug-likeness (QED) is 0.800. The van der Waals surface area contributed by atoms with E-state index in [1.54, 1.807) is 19.2 Å². The van der Waals surface area contributed by atoms with Gasteiger partial charge in [0.25, 0.3) is 0 Å². The van der Waals surface area contributed by atoms with E-state index in [4.69, 9.17) is 4.74 Å². The largest absolute Gasteiger partial charge is 0.390 e. The number of rotatable bonds is 7. The highest BCUT2D eigenvalue weighted by Gasteiger charge is 2.18. The van der Waals surface area contributed by atoms with Crippen LogP contribution in [0.15, 0.2) is 24.3 Å². The molecule has 0 aliphatic heterocycles. The highest BCUT2D eigenvalue weighted by molar-refractivity contribution is 8.13. The third kappa shape index (κ3) is 5.74. The molecule has 0 bridgehead atoms. The van der Waals surface area contributed by atoms with Gasteiger partial charge in [-0.3, -0.25) is 4.79 Å². The summed E-state index contributed by atoms with van der Waals surface area (Å²) in [4.78, 5) is 10.8. The molecular weight excluding hydrogens is 264 g/mol. The van der Waals surface area contributed by atoms with E-state index in [0.29, 0.717) is 24.3 Å². The van der Waals surface area contributed by atoms with Crippen molar-refractivity contribution in [2.75, 3.05) is 12.9 Å². The molecule has 2 unspecified atom stereocenters. The molecule has 0 saturated heterocycles. The van der Waals surface area contributed by atoms with Crippen molar-refractivity contribution in [2.24, 2.45) is 0 Å². The van der Waals surface area contributed by atoms with Crippen LogP contribution in [-0.2, 0) is 16.1 Å². The number of benzene rings is 1. The first-order valence-electron chi connectivity index (χ1n) is 6.12. The van der Waals surface area contributed by atoms with Crippen molar-refractivity contribution in [3.63, 3.8) is 0 Å². The second kappa shape index (κ2) is 8.32. The normalized spacial score (nSPS) is 14.1. The van der Waals surface area contributed by atoms with Gasteiger partial charge < -0.3 is 14.9 Å². The van der Waals surface area contributed by atoms with Gasteiger partial charge in [0.05, 0.1) is 12.7 Å². The molecule has 0 radical (unpaired) electrons. The number of ether oxygens (including phenoxy) is 1. The topological polar surface area (TPSA) is 66.8 Å². The fourth-order valence-corrected chi connectivity index (χ4v) is 2.33. The minimum Gasteiger partial charge on any atom is -0.390 e. The Morgan fingerprint density at radius 2 is 1.95 bits per heavy atom. The molecule has 0 amide bonds. The van der Waals surface area contributed by atoms with Crippen molar-refractivity contribution in [3.05, 3.63) is 35.4 Å². The van der Waals surface area contributed by atoms with E-state index >= 15 is 0 Å². The number of aliphatic hydroxyl groups excluding tert-OH is 2. The Morgan fingerprint density at radius 1 is 1.32 bits per heavy atom. The van der Waals surface area contributed by atoms with Crippen LogP contribution in [0.1, 0.15) is 30.6 Å². The standard InChI is InChI=1S/C14H20O4S/c1-10(15)19-8-7-13(16)14(17)12-5-3-11(4-6-12)9-18-2/h3-6,13-14,16-17H,7-9H2,1-2H3. The summed E-state index contributed by atoms with van der Waals surface area (Å²) in [7, 11) is 1.62. The molecule has 2 atom stereocenters. The summed E-state index contributed by atoms with van der Waals surface area (Å²) in [6, 6.07) is 7.28. The fourth-order valence-electron chi connectivity index (χ4n) is 1.68. The Bertz CT molecular complexity index is 391. The summed E-state index contributed by atoms with van der Waals surface area (Å²) in [6.45, 7) is 2.01. The van der Waals surface area contributed by atoms with Gasteiger partial charge in [-0.1, -0.05) is 36.0 Å². The summed E-state index contributed by atoms with van der Waals surface area (Å²) in [5.74, 6) is 0.509. The van der Waals surface area contributed by atoms with Gasteiger partial charge in [-0.2, -0.15) is 0 Å². The van der Waals surface area contributed by atoms with Crippen LogP contribution >= 0.6 is 11.8 Å². The summed E-state index contributed by atoms with van der Waals surface area (Å²) in [6.07, 6.45) is -1.41. The SMILES string of the molecule is COCc1ccc(C(O)C(O)CCSC(C)=O)cc1. The van der Waals surface area contributed by atoms with Crippen LogP contribution in [-0.4, -0.2) is 34.3 Å². The number of aliphatic hydroxyl groups is 2. The first kappa shape index (κ1) is 16.2. The molecule has 19 heavy (non-hydrogen) atoms. The Labute approximate surface area is 117 Å². The van der Waals surface area contributed by atoms with Crippen molar-refractivity contribution < 1.29 is 19.7 Å². The number of carbonyl (C=O) groups excluding carboxylic acids is 1. The van der Waals surface area contributed by atoms with Gasteiger partial charge >= 0.3 is 0 Å². The number of methoxy groups -OCH3 is 1. The van der Waals surface area contributed by atoms with Gasteiger partial charge in [-0.15, -0.1) is 0 Å². The molecule has 0 aliphatic carbocycles.